The highest BCUT2D eigenvalue weighted by atomic mass is 31.2. The molecule has 0 aliphatic carbocycles. The summed E-state index contributed by atoms with van der Waals surface area (Å²) in [5.74, 6) is -5.16. The van der Waals surface area contributed by atoms with Crippen molar-refractivity contribution in [3.05, 3.63) is 54.1 Å². The summed E-state index contributed by atoms with van der Waals surface area (Å²) in [4.78, 5) is 107. The minimum Gasteiger partial charge on any atom is -0.394 e. The monoisotopic (exact) mass is 894 g/mol. The van der Waals surface area contributed by atoms with Gasteiger partial charge >= 0.3 is 7.82 Å². The van der Waals surface area contributed by atoms with E-state index in [0.29, 0.717) is 12.3 Å². The molecule has 1 aliphatic heterocycles. The highest BCUT2D eigenvalue weighted by Gasteiger charge is 2.42. The number of nitrogens with two attached hydrogens (primary N) is 1. The Balaban J connectivity index is 1.76. The molecular formula is C40H63N8O13P. The second kappa shape index (κ2) is 25.4. The lowest BCUT2D eigenvalue weighted by Gasteiger charge is -2.28. The van der Waals surface area contributed by atoms with Crippen LogP contribution in [0.2, 0.25) is 0 Å². The maximum Gasteiger partial charge on any atom is 0.469 e. The number of carbonyl (C=O) groups excluding carboxylic acids is 6. The summed E-state index contributed by atoms with van der Waals surface area (Å²) in [6.07, 6.45) is 3.29. The molecule has 0 bridgehead atoms. The van der Waals surface area contributed by atoms with E-state index in [2.05, 4.69) is 47.9 Å². The van der Waals surface area contributed by atoms with Crippen LogP contribution in [-0.4, -0.2) is 140 Å². The first kappa shape index (κ1) is 51.6. The number of carbonyl (C=O) groups is 6. The number of primary amides is 1. The van der Waals surface area contributed by atoms with Gasteiger partial charge in [0.05, 0.1) is 44.3 Å². The Morgan fingerprint density at radius 1 is 0.919 bits per heavy atom. The number of aromatic amines is 1. The number of aliphatic hydroxyl groups excluding tert-OH is 1. The molecule has 21 nitrogen and oxygen atoms in total. The highest BCUT2D eigenvalue weighted by Crippen LogP contribution is 2.38. The third-order valence-corrected chi connectivity index (χ3v) is 10.5. The molecule has 1 unspecified atom stereocenters. The second-order valence-electron chi connectivity index (χ2n) is 15.9. The van der Waals surface area contributed by atoms with E-state index in [1.807, 2.05) is 45.9 Å². The summed E-state index contributed by atoms with van der Waals surface area (Å²) >= 11 is 0. The van der Waals surface area contributed by atoms with Crippen molar-refractivity contribution in [2.45, 2.75) is 128 Å². The van der Waals surface area contributed by atoms with Crippen LogP contribution in [0.25, 0.3) is 0 Å². The molecule has 10 N–H and O–H groups in total. The summed E-state index contributed by atoms with van der Waals surface area (Å²) in [7, 11) is -5.11. The van der Waals surface area contributed by atoms with E-state index >= 15 is 0 Å². The summed E-state index contributed by atoms with van der Waals surface area (Å²) in [6, 6.07) is 2.96. The van der Waals surface area contributed by atoms with Crippen LogP contribution in [0.4, 0.5) is 0 Å². The molecule has 0 radical (unpaired) electrons. The fourth-order valence-corrected chi connectivity index (χ4v) is 7.33. The van der Waals surface area contributed by atoms with Gasteiger partial charge in [-0.1, -0.05) is 44.2 Å². The average molecular weight is 895 g/mol. The van der Waals surface area contributed by atoms with Crippen molar-refractivity contribution in [2.75, 3.05) is 26.4 Å². The van der Waals surface area contributed by atoms with Crippen LogP contribution < -0.4 is 27.0 Å². The summed E-state index contributed by atoms with van der Waals surface area (Å²) in [5, 5.41) is 19.9. The number of amides is 6. The Hall–Kier alpha value is -4.76. The normalized spacial score (nSPS) is 17.8. The number of aliphatic hydroxyl groups is 1. The number of hydrogen-bond acceptors (Lipinski definition) is 12. The third-order valence-electron chi connectivity index (χ3n) is 9.85. The number of ether oxygens (including phenoxy) is 2. The number of nitrogens with zero attached hydrogens (tertiary/aromatic N) is 2. The molecule has 1 aromatic carbocycles. The average Bonchev–Trinajstić information content (AvgIpc) is 3.88. The molecule has 7 atom stereocenters. The van der Waals surface area contributed by atoms with Crippen molar-refractivity contribution in [2.24, 2.45) is 11.7 Å². The number of rotatable bonds is 27. The highest BCUT2D eigenvalue weighted by molar-refractivity contribution is 7.46. The zero-order chi connectivity index (χ0) is 46.0. The van der Waals surface area contributed by atoms with Crippen LogP contribution in [0, 0.1) is 5.92 Å². The molecule has 1 aliphatic rings. The van der Waals surface area contributed by atoms with Crippen LogP contribution in [0.1, 0.15) is 78.0 Å². The van der Waals surface area contributed by atoms with Crippen molar-refractivity contribution < 1.29 is 62.2 Å². The first-order valence-electron chi connectivity index (χ1n) is 20.7. The van der Waals surface area contributed by atoms with Gasteiger partial charge in [-0.3, -0.25) is 33.3 Å². The van der Waals surface area contributed by atoms with Crippen LogP contribution in [0.15, 0.2) is 42.9 Å². The molecule has 0 spiro atoms. The zero-order valence-electron chi connectivity index (χ0n) is 35.9. The zero-order valence-corrected chi connectivity index (χ0v) is 36.8. The first-order valence-corrected chi connectivity index (χ1v) is 22.2. The number of benzene rings is 1. The number of phosphoric acid groups is 1. The Bertz CT molecular complexity index is 1800. The Morgan fingerprint density at radius 3 is 2.18 bits per heavy atom. The van der Waals surface area contributed by atoms with Crippen LogP contribution in [-0.2, 0) is 60.2 Å². The predicted octanol–water partition coefficient (Wildman–Crippen LogP) is -0.263. The molecule has 6 amide bonds. The standard InChI is InChI=1S/C40H63N8O13P/c1-24(2)17-30(45-40(55)33-19-29(21-48(33)34(50)14-16-59-25(3)4)60-15-10-9-13-27-11-7-6-8-12-27)37(52)44-31(18-28-20-42-23-43-28)38(53)46-32(22-49)39(54)47-35(36(41)51)26(5)61-62(56,57)58/h6-8,11-12,20,23-26,29-33,35,49H,9-10,13-19,21-22H2,1-5H3,(H2,41,51)(H,42,43)(H,44,52)(H,45,55)(H,46,53)(H,47,54)(H2,56,57,58)/t26?,29-,30+,31+,32+,33+,35+/m1/s1. The third kappa shape index (κ3) is 17.9. The molecule has 1 saturated heterocycles. The maximum atomic E-state index is 14.1. The number of phosphoric ester groups is 1. The van der Waals surface area contributed by atoms with Crippen LogP contribution >= 0.6 is 7.82 Å². The van der Waals surface area contributed by atoms with Crippen LogP contribution in [0.3, 0.4) is 0 Å². The number of imidazole rings is 1. The number of aryl methyl sites for hydroxylation is 1. The Labute approximate surface area is 361 Å². The van der Waals surface area contributed by atoms with E-state index in [9.17, 15) is 38.4 Å². The Kier molecular flexibility index (Phi) is 21.1. The van der Waals surface area contributed by atoms with Crippen molar-refractivity contribution in [1.82, 2.24) is 36.1 Å². The molecule has 62 heavy (non-hydrogen) atoms. The van der Waals surface area contributed by atoms with Gasteiger partial charge in [0.1, 0.15) is 30.2 Å². The molecule has 22 heteroatoms. The van der Waals surface area contributed by atoms with Gasteiger partial charge in [-0.15, -0.1) is 0 Å². The first-order chi connectivity index (χ1) is 29.3. The minimum atomic E-state index is -5.11. The van der Waals surface area contributed by atoms with E-state index in [0.717, 1.165) is 26.2 Å². The number of H-pyrrole nitrogens is 1. The molecule has 2 heterocycles. The summed E-state index contributed by atoms with van der Waals surface area (Å²) < 4.78 is 27.6. The topological polar surface area (TPSA) is 314 Å². The van der Waals surface area contributed by atoms with Gasteiger partial charge in [0.15, 0.2) is 0 Å². The molecule has 1 aromatic heterocycles. The van der Waals surface area contributed by atoms with Crippen molar-refractivity contribution in [3.63, 3.8) is 0 Å². The lowest BCUT2D eigenvalue weighted by molar-refractivity contribution is -0.140. The second-order valence-corrected chi connectivity index (χ2v) is 17.1. The van der Waals surface area contributed by atoms with Gasteiger partial charge in [0.25, 0.3) is 0 Å². The van der Waals surface area contributed by atoms with E-state index in [1.165, 1.54) is 23.0 Å². The van der Waals surface area contributed by atoms with Gasteiger partial charge in [-0.25, -0.2) is 9.55 Å². The quantitative estimate of drug-likeness (QED) is 0.0413. The molecular weight excluding hydrogens is 831 g/mol. The van der Waals surface area contributed by atoms with Gasteiger partial charge in [0, 0.05) is 37.9 Å². The molecule has 3 rings (SSSR count). The summed E-state index contributed by atoms with van der Waals surface area (Å²) in [5.41, 5.74) is 6.93. The van der Waals surface area contributed by atoms with Crippen molar-refractivity contribution >= 4 is 43.3 Å². The van der Waals surface area contributed by atoms with Crippen molar-refractivity contribution in [1.29, 1.82) is 0 Å². The fraction of sp³-hybridized carbons (Fsp3) is 0.625. The van der Waals surface area contributed by atoms with Gasteiger partial charge in [-0.2, -0.15) is 0 Å². The fourth-order valence-electron chi connectivity index (χ4n) is 6.78. The van der Waals surface area contributed by atoms with E-state index in [-0.39, 0.29) is 56.8 Å². The predicted molar refractivity (Wildman–Crippen MR) is 223 cm³/mol. The number of nitrogens with one attached hydrogen (secondary N) is 5. The van der Waals surface area contributed by atoms with E-state index in [1.54, 1.807) is 0 Å². The van der Waals surface area contributed by atoms with Crippen LogP contribution in [0.5, 0.6) is 0 Å². The van der Waals surface area contributed by atoms with E-state index < -0.39 is 86.4 Å². The Morgan fingerprint density at radius 2 is 1.58 bits per heavy atom. The van der Waals surface area contributed by atoms with E-state index in [4.69, 9.17) is 25.0 Å². The SMILES string of the molecule is CC(C)C[C@H](NC(=O)[C@@H]1C[C@@H](OCCCCc2ccccc2)CN1C(=O)CCOC(C)C)C(=O)N[C@@H](Cc1cnc[nH]1)C(=O)N[C@@H](CO)C(=O)N[C@H](C(N)=O)C(C)OP(=O)(O)O. The molecule has 1 fully saturated rings. The maximum absolute atomic E-state index is 14.1. The molecule has 346 valence electrons. The van der Waals surface area contributed by atoms with Gasteiger partial charge in [0.2, 0.25) is 35.4 Å². The number of unbranched alkanes of at least 4 members (excludes halogenated alkanes) is 1. The summed E-state index contributed by atoms with van der Waals surface area (Å²) in [6.45, 7) is 8.17. The number of likely N-dealkylation sites (tertiary alicyclic amines) is 1. The number of hydrogen-bond donors (Lipinski definition) is 9. The number of aromatic nitrogens is 2. The lowest BCUT2D eigenvalue weighted by atomic mass is 10.0. The van der Waals surface area contributed by atoms with Gasteiger partial charge in [-0.05, 0) is 57.9 Å². The minimum absolute atomic E-state index is 0.0301. The molecule has 2 aromatic rings. The van der Waals surface area contributed by atoms with Gasteiger partial charge < -0.3 is 61.3 Å². The smallest absolute Gasteiger partial charge is 0.394 e. The lowest BCUT2D eigenvalue weighted by Crippen LogP contribution is -2.61. The van der Waals surface area contributed by atoms with Crippen molar-refractivity contribution in [3.8, 4) is 0 Å². The molecule has 0 saturated carbocycles. The largest absolute Gasteiger partial charge is 0.469 e.